The summed E-state index contributed by atoms with van der Waals surface area (Å²) in [5, 5.41) is -0.0953. The van der Waals surface area contributed by atoms with Crippen LogP contribution < -0.4 is 5.73 Å². The van der Waals surface area contributed by atoms with Gasteiger partial charge in [-0.25, -0.2) is 8.42 Å². The van der Waals surface area contributed by atoms with E-state index < -0.39 is 20.5 Å². The summed E-state index contributed by atoms with van der Waals surface area (Å²) in [6, 6.07) is 14.4. The highest BCUT2D eigenvalue weighted by molar-refractivity contribution is 7.92. The molecule has 3 atom stereocenters. The molecule has 3 rings (SSSR count). The Morgan fingerprint density at radius 1 is 1.12 bits per heavy atom. The highest BCUT2D eigenvalue weighted by Crippen LogP contribution is 2.63. The summed E-state index contributed by atoms with van der Waals surface area (Å²) in [4.78, 5) is 0.272. The Hall–Kier alpha value is -1.40. The molecule has 2 aromatic rings. The molecule has 1 aliphatic rings. The van der Waals surface area contributed by atoms with Crippen molar-refractivity contribution in [2.45, 2.75) is 29.4 Å². The normalized spacial score (nSPS) is 25.2. The van der Waals surface area contributed by atoms with Gasteiger partial charge in [0, 0.05) is 30.0 Å². The van der Waals surface area contributed by atoms with E-state index in [2.05, 4.69) is 6.92 Å². The van der Waals surface area contributed by atoms with Gasteiger partial charge in [-0.1, -0.05) is 42.8 Å². The molecule has 26 heavy (non-hydrogen) atoms. The number of nitrogens with two attached hydrogens (primary N) is 1. The summed E-state index contributed by atoms with van der Waals surface area (Å²) in [5.74, 6) is -0.181. The topological polar surface area (TPSA) is 69.4 Å². The fourth-order valence-electron chi connectivity index (χ4n) is 3.92. The minimum Gasteiger partial charge on any atom is -0.384 e. The Labute approximate surface area is 160 Å². The summed E-state index contributed by atoms with van der Waals surface area (Å²) in [5.41, 5.74) is 7.66. The number of halogens is 1. The Balaban J connectivity index is 2.03. The van der Waals surface area contributed by atoms with Crippen molar-refractivity contribution in [3.8, 4) is 0 Å². The van der Waals surface area contributed by atoms with Gasteiger partial charge in [0.2, 0.25) is 0 Å². The molecule has 0 aromatic heterocycles. The van der Waals surface area contributed by atoms with E-state index in [1.165, 1.54) is 5.56 Å². The summed E-state index contributed by atoms with van der Waals surface area (Å²) in [6.45, 7) is 2.65. The molecule has 0 aliphatic heterocycles. The monoisotopic (exact) mass is 393 g/mol. The van der Waals surface area contributed by atoms with Crippen molar-refractivity contribution >= 4 is 21.4 Å². The van der Waals surface area contributed by atoms with E-state index >= 15 is 0 Å². The molecule has 6 heteroatoms. The highest BCUT2D eigenvalue weighted by Gasteiger charge is 2.70. The molecule has 0 spiro atoms. The molecule has 140 valence electrons. The number of hydrogen-bond acceptors (Lipinski definition) is 4. The van der Waals surface area contributed by atoms with Crippen LogP contribution in [0.5, 0.6) is 0 Å². The average Bonchev–Trinajstić information content (AvgIpc) is 3.32. The number of benzene rings is 2. The number of methoxy groups -OCH3 is 1. The van der Waals surface area contributed by atoms with Crippen LogP contribution in [0.2, 0.25) is 5.02 Å². The first-order valence-corrected chi connectivity index (χ1v) is 10.6. The van der Waals surface area contributed by atoms with E-state index in [0.717, 1.165) is 12.0 Å². The fraction of sp³-hybridized carbons (Fsp3) is 0.400. The third-order valence-electron chi connectivity index (χ3n) is 5.40. The van der Waals surface area contributed by atoms with Crippen LogP contribution in [0.4, 0.5) is 0 Å². The van der Waals surface area contributed by atoms with Crippen LogP contribution in [0, 0.1) is 5.41 Å². The molecule has 0 heterocycles. The van der Waals surface area contributed by atoms with Crippen molar-refractivity contribution in [3.05, 3.63) is 64.7 Å². The minimum absolute atomic E-state index is 0.181. The second kappa shape index (κ2) is 7.31. The second-order valence-corrected chi connectivity index (χ2v) is 9.37. The van der Waals surface area contributed by atoms with Crippen molar-refractivity contribution in [2.75, 3.05) is 20.3 Å². The molecule has 2 aromatic carbocycles. The smallest absolute Gasteiger partial charge is 0.182 e. The number of hydrogen-bond donors (Lipinski definition) is 1. The van der Waals surface area contributed by atoms with Crippen molar-refractivity contribution < 1.29 is 13.2 Å². The Bertz CT molecular complexity index is 865. The van der Waals surface area contributed by atoms with Gasteiger partial charge in [0.1, 0.15) is 0 Å². The molecule has 1 saturated carbocycles. The summed E-state index contributed by atoms with van der Waals surface area (Å²) in [6.07, 6.45) is 0.942. The maximum absolute atomic E-state index is 13.3. The van der Waals surface area contributed by atoms with E-state index in [4.69, 9.17) is 22.1 Å². The van der Waals surface area contributed by atoms with Crippen LogP contribution in [0.1, 0.15) is 24.0 Å². The molecule has 0 saturated heterocycles. The van der Waals surface area contributed by atoms with E-state index in [-0.39, 0.29) is 17.4 Å². The third kappa shape index (κ3) is 3.18. The van der Waals surface area contributed by atoms with Gasteiger partial charge in [-0.3, -0.25) is 0 Å². The Kier molecular flexibility index (Phi) is 5.45. The molecular weight excluding hydrogens is 370 g/mol. The van der Waals surface area contributed by atoms with E-state index in [0.29, 0.717) is 11.6 Å². The molecule has 1 aliphatic carbocycles. The molecule has 3 unspecified atom stereocenters. The first kappa shape index (κ1) is 19.4. The number of sulfone groups is 1. The van der Waals surface area contributed by atoms with E-state index in [9.17, 15) is 8.42 Å². The van der Waals surface area contributed by atoms with Gasteiger partial charge in [-0.05, 0) is 41.8 Å². The Morgan fingerprint density at radius 3 is 2.23 bits per heavy atom. The second-order valence-electron chi connectivity index (χ2n) is 6.86. The SMILES string of the molecule is CCc1ccc(C2C(S(=O)(=O)c3ccc(Cl)cc3)C2(CN)COC)cc1. The van der Waals surface area contributed by atoms with Crippen molar-refractivity contribution in [1.29, 1.82) is 0 Å². The van der Waals surface area contributed by atoms with Crippen LogP contribution in [0.15, 0.2) is 53.4 Å². The number of aryl methyl sites for hydroxylation is 1. The predicted octanol–water partition coefficient (Wildman–Crippen LogP) is 3.43. The maximum atomic E-state index is 13.3. The van der Waals surface area contributed by atoms with Crippen LogP contribution in [0.25, 0.3) is 0 Å². The molecule has 0 amide bonds. The van der Waals surface area contributed by atoms with Crippen LogP contribution in [-0.4, -0.2) is 33.9 Å². The van der Waals surface area contributed by atoms with Gasteiger partial charge in [0.15, 0.2) is 9.84 Å². The van der Waals surface area contributed by atoms with Crippen molar-refractivity contribution in [3.63, 3.8) is 0 Å². The molecule has 0 radical (unpaired) electrons. The lowest BCUT2D eigenvalue weighted by molar-refractivity contribution is 0.142. The van der Waals surface area contributed by atoms with Crippen LogP contribution in [-0.2, 0) is 21.0 Å². The minimum atomic E-state index is -3.56. The zero-order valence-corrected chi connectivity index (χ0v) is 16.6. The van der Waals surface area contributed by atoms with E-state index in [1.807, 2.05) is 24.3 Å². The van der Waals surface area contributed by atoms with Crippen LogP contribution >= 0.6 is 11.6 Å². The van der Waals surface area contributed by atoms with Gasteiger partial charge >= 0.3 is 0 Å². The average molecular weight is 394 g/mol. The fourth-order valence-corrected chi connectivity index (χ4v) is 6.49. The van der Waals surface area contributed by atoms with E-state index in [1.54, 1.807) is 31.4 Å². The molecular formula is C20H24ClNO3S. The number of ether oxygens (including phenoxy) is 1. The predicted molar refractivity (Wildman–Crippen MR) is 104 cm³/mol. The molecule has 2 N–H and O–H groups in total. The summed E-state index contributed by atoms with van der Waals surface area (Å²) in [7, 11) is -1.97. The highest BCUT2D eigenvalue weighted by atomic mass is 35.5. The van der Waals surface area contributed by atoms with Crippen molar-refractivity contribution in [1.82, 2.24) is 0 Å². The Morgan fingerprint density at radius 2 is 1.73 bits per heavy atom. The quantitative estimate of drug-likeness (QED) is 0.782. The van der Waals surface area contributed by atoms with Crippen LogP contribution in [0.3, 0.4) is 0 Å². The van der Waals surface area contributed by atoms with Gasteiger partial charge < -0.3 is 10.5 Å². The lowest BCUT2D eigenvalue weighted by Crippen LogP contribution is -2.28. The number of rotatable bonds is 7. The molecule has 1 fully saturated rings. The van der Waals surface area contributed by atoms with Gasteiger partial charge in [0.25, 0.3) is 0 Å². The van der Waals surface area contributed by atoms with Gasteiger partial charge in [-0.2, -0.15) is 0 Å². The van der Waals surface area contributed by atoms with Gasteiger partial charge in [0.05, 0.1) is 16.8 Å². The molecule has 4 nitrogen and oxygen atoms in total. The first-order valence-electron chi connectivity index (χ1n) is 8.68. The first-order chi connectivity index (χ1) is 12.4. The standard InChI is InChI=1S/C20H24ClNO3S/c1-3-14-4-6-15(7-5-14)18-19(20(18,12-22)13-25-2)26(23,24)17-10-8-16(21)9-11-17/h4-11,18-19H,3,12-13,22H2,1-2H3. The zero-order chi connectivity index (χ0) is 18.9. The zero-order valence-electron chi connectivity index (χ0n) is 15.0. The lowest BCUT2D eigenvalue weighted by Gasteiger charge is -2.15. The lowest BCUT2D eigenvalue weighted by atomic mass is 9.99. The summed E-state index contributed by atoms with van der Waals surface area (Å²) < 4.78 is 32.0. The summed E-state index contributed by atoms with van der Waals surface area (Å²) >= 11 is 5.91. The largest absolute Gasteiger partial charge is 0.384 e. The maximum Gasteiger partial charge on any atom is 0.182 e. The van der Waals surface area contributed by atoms with Gasteiger partial charge in [-0.15, -0.1) is 0 Å². The third-order valence-corrected chi connectivity index (χ3v) is 7.99. The molecule has 0 bridgehead atoms. The van der Waals surface area contributed by atoms with Crippen molar-refractivity contribution in [2.24, 2.45) is 11.1 Å².